The van der Waals surface area contributed by atoms with Gasteiger partial charge in [-0.25, -0.2) is 0 Å². The average molecular weight is 1410 g/mol. The van der Waals surface area contributed by atoms with Gasteiger partial charge in [0, 0.05) is 108 Å². The summed E-state index contributed by atoms with van der Waals surface area (Å²) in [6.07, 6.45) is -8.51. The molecule has 0 amide bonds. The highest BCUT2D eigenvalue weighted by atomic mass is 16.6. The molecule has 0 saturated heterocycles. The monoisotopic (exact) mass is 1400 g/mol. The lowest BCUT2D eigenvalue weighted by Gasteiger charge is -2.34. The van der Waals surface area contributed by atoms with Gasteiger partial charge in [0.15, 0.2) is 36.6 Å². The molecule has 0 N–H and O–H groups in total. The molecule has 6 aromatic carbocycles. The quantitative estimate of drug-likeness (QED) is 0.0823. The van der Waals surface area contributed by atoms with Crippen LogP contribution in [0, 0.1) is 0 Å². The Balaban J connectivity index is 1.98. The second kappa shape index (κ2) is 30.1. The van der Waals surface area contributed by atoms with E-state index in [0.29, 0.717) is 100 Å². The van der Waals surface area contributed by atoms with Crippen molar-refractivity contribution in [1.29, 1.82) is 0 Å². The molecule has 0 heterocycles. The molecule has 102 heavy (non-hydrogen) atoms. The number of methoxy groups -OCH3 is 6. The fourth-order valence-electron chi connectivity index (χ4n) is 13.2. The summed E-state index contributed by atoms with van der Waals surface area (Å²) in [6.45, 7) is 44.1. The molecular formula is C84H108O18. The predicted molar refractivity (Wildman–Crippen MR) is 392 cm³/mol. The van der Waals surface area contributed by atoms with Crippen molar-refractivity contribution in [2.24, 2.45) is 0 Å². The Morgan fingerprint density at radius 3 is 0.353 bits per heavy atom. The summed E-state index contributed by atoms with van der Waals surface area (Å²) in [5, 5.41) is 0. The molecule has 0 aliphatic heterocycles. The van der Waals surface area contributed by atoms with Crippen LogP contribution >= 0.6 is 0 Å². The fourth-order valence-corrected chi connectivity index (χ4v) is 13.2. The molecule has 0 saturated carbocycles. The van der Waals surface area contributed by atoms with Gasteiger partial charge >= 0.3 is 35.8 Å². The van der Waals surface area contributed by atoms with Crippen LogP contribution in [0.5, 0.6) is 34.5 Å². The third-order valence-electron chi connectivity index (χ3n) is 18.4. The summed E-state index contributed by atoms with van der Waals surface area (Å²) in [6, 6.07) is 22.7. The van der Waals surface area contributed by atoms with E-state index in [1.807, 2.05) is 197 Å². The van der Waals surface area contributed by atoms with Gasteiger partial charge in [0.2, 0.25) is 0 Å². The summed E-state index contributed by atoms with van der Waals surface area (Å²) >= 11 is 0. The van der Waals surface area contributed by atoms with Crippen LogP contribution in [0.3, 0.4) is 0 Å². The molecule has 0 fully saturated rings. The average Bonchev–Trinajstić information content (AvgIpc) is 0.741. The molecular weight excluding hydrogens is 1300 g/mol. The van der Waals surface area contributed by atoms with Crippen molar-refractivity contribution in [2.45, 2.75) is 235 Å². The number of fused-ring (bicyclic) bond motifs is 12. The number of carbonyl (C=O) groups excluding carboxylic acids is 6. The molecule has 552 valence electrons. The van der Waals surface area contributed by atoms with Crippen LogP contribution < -0.4 is 28.4 Å². The van der Waals surface area contributed by atoms with Gasteiger partial charge in [-0.15, -0.1) is 0 Å². The van der Waals surface area contributed by atoms with E-state index >= 15 is 0 Å². The van der Waals surface area contributed by atoms with Crippen molar-refractivity contribution in [3.05, 3.63) is 173 Å². The first-order valence-electron chi connectivity index (χ1n) is 34.4. The normalized spacial score (nSPS) is 17.4. The summed E-state index contributed by atoms with van der Waals surface area (Å²) < 4.78 is 80.4. The van der Waals surface area contributed by atoms with Crippen molar-refractivity contribution in [3.8, 4) is 34.5 Å². The van der Waals surface area contributed by atoms with E-state index in [1.54, 1.807) is 0 Å². The first kappa shape index (κ1) is 80.3. The van der Waals surface area contributed by atoms with Gasteiger partial charge in [0.05, 0.1) is 42.7 Å². The SMILES string of the molecule is COc1c2cc(C(C)(C)C)cc1C(OC(C)=O)c1cc(C(C)(C)C)cc(c1OC)C(OC(C)=O)c1cc(C(C)(C)C)cc(c1OC)C(OC(C)=O)c1cc(C(C)(C)C)cc(c1OC)C(OC(C)=O)c1cc(C(C)(C)C)cc(c1OC)C(OC(C)=O)c1cc(C(C)(C)C)cc(c1OC)C2OC(C)=O. The fraction of sp³-hybridized carbons (Fsp3) is 0.500. The van der Waals surface area contributed by atoms with Gasteiger partial charge in [0.25, 0.3) is 0 Å². The van der Waals surface area contributed by atoms with Crippen molar-refractivity contribution in [1.82, 2.24) is 0 Å². The molecule has 18 nitrogen and oxygen atoms in total. The molecule has 0 aromatic heterocycles. The lowest BCUT2D eigenvalue weighted by molar-refractivity contribution is -0.146. The molecule has 1 aliphatic rings. The Kier molecular flexibility index (Phi) is 23.7. The maximum absolute atomic E-state index is 14.3. The lowest BCUT2D eigenvalue weighted by atomic mass is 9.77. The van der Waals surface area contributed by atoms with Gasteiger partial charge in [-0.1, -0.05) is 125 Å². The second-order valence-electron chi connectivity index (χ2n) is 32.6. The lowest BCUT2D eigenvalue weighted by Crippen LogP contribution is -2.24. The van der Waals surface area contributed by atoms with Crippen LogP contribution in [0.25, 0.3) is 0 Å². The van der Waals surface area contributed by atoms with E-state index in [1.165, 1.54) is 84.2 Å². The van der Waals surface area contributed by atoms with Crippen LogP contribution in [0.15, 0.2) is 72.8 Å². The Bertz CT molecular complexity index is 3360. The van der Waals surface area contributed by atoms with Gasteiger partial charge in [-0.05, 0) is 139 Å². The minimum atomic E-state index is -1.42. The number of esters is 6. The number of hydrogen-bond acceptors (Lipinski definition) is 18. The molecule has 1 aliphatic carbocycles. The van der Waals surface area contributed by atoms with Crippen LogP contribution in [-0.2, 0) is 89.7 Å². The largest absolute Gasteiger partial charge is 0.496 e. The topological polar surface area (TPSA) is 213 Å². The number of hydrogen-bond donors (Lipinski definition) is 0. The van der Waals surface area contributed by atoms with E-state index in [4.69, 9.17) is 56.8 Å². The zero-order valence-corrected chi connectivity index (χ0v) is 65.7. The number of ether oxygens (including phenoxy) is 12. The highest BCUT2D eigenvalue weighted by Gasteiger charge is 2.43. The molecule has 0 spiro atoms. The van der Waals surface area contributed by atoms with E-state index in [-0.39, 0.29) is 34.5 Å². The predicted octanol–water partition coefficient (Wildman–Crippen LogP) is 17.8. The van der Waals surface area contributed by atoms with Crippen LogP contribution in [-0.4, -0.2) is 78.5 Å². The zero-order chi connectivity index (χ0) is 76.8. The summed E-state index contributed by atoms with van der Waals surface area (Å²) in [4.78, 5) is 85.8. The Morgan fingerprint density at radius 1 is 0.206 bits per heavy atom. The van der Waals surface area contributed by atoms with Gasteiger partial charge < -0.3 is 56.8 Å². The molecule has 0 unspecified atom stereocenters. The summed E-state index contributed by atoms with van der Waals surface area (Å²) in [5.74, 6) is -3.38. The van der Waals surface area contributed by atoms with Crippen LogP contribution in [0.2, 0.25) is 0 Å². The van der Waals surface area contributed by atoms with E-state index in [9.17, 15) is 28.8 Å². The van der Waals surface area contributed by atoms with E-state index in [0.717, 1.165) is 0 Å². The first-order chi connectivity index (χ1) is 47.0. The van der Waals surface area contributed by atoms with Crippen molar-refractivity contribution in [3.63, 3.8) is 0 Å². The molecule has 12 bridgehead atoms. The van der Waals surface area contributed by atoms with Crippen molar-refractivity contribution < 1.29 is 85.6 Å². The third kappa shape index (κ3) is 17.2. The molecule has 6 aromatic rings. The van der Waals surface area contributed by atoms with Crippen LogP contribution in [0.4, 0.5) is 0 Å². The first-order valence-corrected chi connectivity index (χ1v) is 34.4. The van der Waals surface area contributed by atoms with Gasteiger partial charge in [-0.2, -0.15) is 0 Å². The summed E-state index contributed by atoms with van der Waals surface area (Å²) in [5.41, 5.74) is 3.52. The Morgan fingerprint density at radius 2 is 0.294 bits per heavy atom. The highest BCUT2D eigenvalue weighted by molar-refractivity contribution is 5.74. The second-order valence-corrected chi connectivity index (χ2v) is 32.6. The van der Waals surface area contributed by atoms with Crippen LogP contribution in [0.1, 0.15) is 303 Å². The third-order valence-corrected chi connectivity index (χ3v) is 18.4. The molecule has 18 heteroatoms. The number of carbonyl (C=O) groups is 6. The van der Waals surface area contributed by atoms with E-state index < -0.39 is 105 Å². The Hall–Kier alpha value is -9.06. The standard InChI is InChI=1S/C84H108O18/c1-43(85)97-73-55-31-49(79(7,8)9)33-57(67(55)91-25)74(98-44(2)86)59-35-51(81(13,14)15)37-61(69(59)93-27)76(100-46(4)88)63-39-53(83(19,20)21)41-65(71(63)95-29)78(102-48(6)90)66-42-54(84(22,23)24)40-64(72(66)96-30)77(101-47(5)89)62-38-52(82(16,17)18)36-60(70(62)94-28)75(99-45(3)87)58-34-50(80(10,11)12)32-56(73)68(58)92-26/h31-42,73-78H,1-30H3. The summed E-state index contributed by atoms with van der Waals surface area (Å²) in [7, 11) is 8.83. The highest BCUT2D eigenvalue weighted by Crippen LogP contribution is 2.56. The minimum Gasteiger partial charge on any atom is -0.496 e. The van der Waals surface area contributed by atoms with Crippen molar-refractivity contribution in [2.75, 3.05) is 42.7 Å². The molecule has 0 atom stereocenters. The molecule has 0 radical (unpaired) electrons. The minimum absolute atomic E-state index is 0.132. The Labute approximate surface area is 604 Å². The van der Waals surface area contributed by atoms with Crippen molar-refractivity contribution >= 4 is 35.8 Å². The maximum Gasteiger partial charge on any atom is 0.303 e. The van der Waals surface area contributed by atoms with Gasteiger partial charge in [0.1, 0.15) is 34.5 Å². The maximum atomic E-state index is 14.3. The number of rotatable bonds is 12. The smallest absolute Gasteiger partial charge is 0.303 e. The molecule has 7 rings (SSSR count). The van der Waals surface area contributed by atoms with Gasteiger partial charge in [-0.3, -0.25) is 28.8 Å². The zero-order valence-electron chi connectivity index (χ0n) is 65.7. The van der Waals surface area contributed by atoms with E-state index in [2.05, 4.69) is 0 Å². The number of benzene rings is 6.